The minimum Gasteiger partial charge on any atom is -0.330 e. The zero-order valence-electron chi connectivity index (χ0n) is 27.1. The van der Waals surface area contributed by atoms with Crippen LogP contribution in [0.3, 0.4) is 0 Å². The molecule has 0 aliphatic rings. The van der Waals surface area contributed by atoms with E-state index in [0.29, 0.717) is 0 Å². The third kappa shape index (κ3) is 26.2. The summed E-state index contributed by atoms with van der Waals surface area (Å²) in [5, 5.41) is 0. The number of hydrogen-bond acceptors (Lipinski definition) is 2. The molecule has 38 heavy (non-hydrogen) atoms. The van der Waals surface area contributed by atoms with Gasteiger partial charge in [0, 0.05) is 0 Å². The van der Waals surface area contributed by atoms with Crippen LogP contribution in [0.25, 0.3) is 0 Å². The summed E-state index contributed by atoms with van der Waals surface area (Å²) in [5.74, 6) is 2.88. The van der Waals surface area contributed by atoms with Crippen molar-refractivity contribution in [3.05, 3.63) is 0 Å². The van der Waals surface area contributed by atoms with Crippen LogP contribution in [0.2, 0.25) is 0 Å². The fraction of sp³-hybridized carbons (Fsp3) is 1.00. The normalized spacial score (nSPS) is 14.1. The van der Waals surface area contributed by atoms with Crippen LogP contribution in [0.15, 0.2) is 0 Å². The van der Waals surface area contributed by atoms with Gasteiger partial charge in [0.05, 0.1) is 0 Å². The fourth-order valence-electron chi connectivity index (χ4n) is 6.50. The van der Waals surface area contributed by atoms with Gasteiger partial charge in [0.15, 0.2) is 0 Å². The smallest absolute Gasteiger partial charge is 0.00773 e. The monoisotopic (exact) mass is 537 g/mol. The van der Waals surface area contributed by atoms with Gasteiger partial charge in [-0.1, -0.05) is 181 Å². The van der Waals surface area contributed by atoms with E-state index in [1.54, 1.807) is 0 Å². The highest BCUT2D eigenvalue weighted by Gasteiger charge is 2.21. The Morgan fingerprint density at radius 3 is 1.08 bits per heavy atom. The summed E-state index contributed by atoms with van der Waals surface area (Å²) in [6.45, 7) is 8.97. The Hall–Kier alpha value is -0.0800. The van der Waals surface area contributed by atoms with E-state index in [-0.39, 0.29) is 0 Å². The standard InChI is InChI=1S/C36H76N2/c1-4-6-8-10-16-22-27-35(28-23-17-12-14-19-25-33-38)36(29-21-9-7-5-2)31-30-34(3)26-20-15-11-13-18-24-32-37/h34-36H,4-33,37-38H2,1-3H3. The molecule has 0 saturated carbocycles. The molecule has 0 rings (SSSR count). The number of nitrogens with two attached hydrogens (primary N) is 2. The minimum absolute atomic E-state index is 0.866. The first-order valence-corrected chi connectivity index (χ1v) is 18.1. The molecule has 0 aromatic rings. The maximum atomic E-state index is 5.69. The maximum absolute atomic E-state index is 5.69. The molecule has 4 N–H and O–H groups in total. The molecule has 0 aromatic heterocycles. The van der Waals surface area contributed by atoms with Crippen LogP contribution in [0.4, 0.5) is 0 Å². The van der Waals surface area contributed by atoms with E-state index in [1.807, 2.05) is 0 Å². The van der Waals surface area contributed by atoms with Gasteiger partial charge in [0.1, 0.15) is 0 Å². The zero-order valence-corrected chi connectivity index (χ0v) is 27.1. The second kappa shape index (κ2) is 31.4. The molecule has 0 saturated heterocycles. The van der Waals surface area contributed by atoms with Crippen molar-refractivity contribution >= 4 is 0 Å². The molecule has 3 unspecified atom stereocenters. The molecule has 0 aliphatic carbocycles. The van der Waals surface area contributed by atoms with Gasteiger partial charge in [-0.15, -0.1) is 0 Å². The lowest BCUT2D eigenvalue weighted by Crippen LogP contribution is -2.17. The number of rotatable bonds is 32. The average molecular weight is 537 g/mol. The van der Waals surface area contributed by atoms with Crippen LogP contribution < -0.4 is 11.5 Å². The molecule has 0 spiro atoms. The maximum Gasteiger partial charge on any atom is -0.00773 e. The Kier molecular flexibility index (Phi) is 31.4. The van der Waals surface area contributed by atoms with Crippen molar-refractivity contribution in [2.45, 2.75) is 201 Å². The van der Waals surface area contributed by atoms with Gasteiger partial charge in [-0.3, -0.25) is 0 Å². The number of unbranched alkanes of at least 4 members (excludes halogenated alkanes) is 18. The first kappa shape index (κ1) is 37.9. The molecule has 0 aliphatic heterocycles. The average Bonchev–Trinajstić information content (AvgIpc) is 2.92. The molecule has 3 atom stereocenters. The highest BCUT2D eigenvalue weighted by Crippen LogP contribution is 2.34. The topological polar surface area (TPSA) is 52.0 Å². The SMILES string of the molecule is CCCCCCCCC(CCCCCCCCN)C(CCCCCC)CCC(C)CCCCCCCCN. The lowest BCUT2D eigenvalue weighted by atomic mass is 9.77. The van der Waals surface area contributed by atoms with Gasteiger partial charge in [-0.05, 0) is 50.1 Å². The van der Waals surface area contributed by atoms with Crippen molar-refractivity contribution in [2.75, 3.05) is 13.1 Å². The zero-order chi connectivity index (χ0) is 27.9. The van der Waals surface area contributed by atoms with Gasteiger partial charge in [-0.2, -0.15) is 0 Å². The van der Waals surface area contributed by atoms with Crippen LogP contribution in [0.1, 0.15) is 201 Å². The van der Waals surface area contributed by atoms with Crippen LogP contribution in [0.5, 0.6) is 0 Å². The third-order valence-electron chi connectivity index (χ3n) is 9.23. The summed E-state index contributed by atoms with van der Waals surface area (Å²) < 4.78 is 0. The Labute approximate surface area is 242 Å². The predicted octanol–water partition coefficient (Wildman–Crippen LogP) is 11.7. The van der Waals surface area contributed by atoms with E-state index in [0.717, 1.165) is 30.8 Å². The van der Waals surface area contributed by atoms with Gasteiger partial charge < -0.3 is 11.5 Å². The predicted molar refractivity (Wildman–Crippen MR) is 175 cm³/mol. The van der Waals surface area contributed by atoms with Gasteiger partial charge in [0.2, 0.25) is 0 Å². The van der Waals surface area contributed by atoms with E-state index in [4.69, 9.17) is 11.5 Å². The van der Waals surface area contributed by atoms with Crippen molar-refractivity contribution in [3.8, 4) is 0 Å². The fourth-order valence-corrected chi connectivity index (χ4v) is 6.50. The summed E-state index contributed by atoms with van der Waals surface area (Å²) in [7, 11) is 0. The molecule has 0 heterocycles. The van der Waals surface area contributed by atoms with Crippen molar-refractivity contribution in [1.29, 1.82) is 0 Å². The minimum atomic E-state index is 0.866. The first-order valence-electron chi connectivity index (χ1n) is 18.1. The van der Waals surface area contributed by atoms with Crippen molar-refractivity contribution in [2.24, 2.45) is 29.2 Å². The molecule has 2 heteroatoms. The Morgan fingerprint density at radius 2 is 0.658 bits per heavy atom. The van der Waals surface area contributed by atoms with E-state index < -0.39 is 0 Å². The molecule has 2 nitrogen and oxygen atoms in total. The Bertz CT molecular complexity index is 424. The van der Waals surface area contributed by atoms with Crippen molar-refractivity contribution < 1.29 is 0 Å². The highest BCUT2D eigenvalue weighted by atomic mass is 14.5. The number of hydrogen-bond donors (Lipinski definition) is 2. The Balaban J connectivity index is 4.71. The molecule has 0 aromatic carbocycles. The van der Waals surface area contributed by atoms with Crippen LogP contribution in [-0.4, -0.2) is 13.1 Å². The second-order valence-corrected chi connectivity index (χ2v) is 13.0. The third-order valence-corrected chi connectivity index (χ3v) is 9.23. The van der Waals surface area contributed by atoms with E-state index >= 15 is 0 Å². The van der Waals surface area contributed by atoms with Gasteiger partial charge in [-0.25, -0.2) is 0 Å². The van der Waals surface area contributed by atoms with Gasteiger partial charge >= 0.3 is 0 Å². The van der Waals surface area contributed by atoms with Gasteiger partial charge in [0.25, 0.3) is 0 Å². The molecule has 0 amide bonds. The largest absolute Gasteiger partial charge is 0.330 e. The molecule has 0 radical (unpaired) electrons. The van der Waals surface area contributed by atoms with Crippen molar-refractivity contribution in [3.63, 3.8) is 0 Å². The Morgan fingerprint density at radius 1 is 0.342 bits per heavy atom. The quantitative estimate of drug-likeness (QED) is 0.0840. The molecule has 0 bridgehead atoms. The summed E-state index contributed by atoms with van der Waals surface area (Å²) in [6, 6.07) is 0. The molecular formula is C36H76N2. The van der Waals surface area contributed by atoms with E-state index in [2.05, 4.69) is 20.8 Å². The molecule has 0 fully saturated rings. The molecule has 230 valence electrons. The summed E-state index contributed by atoms with van der Waals surface area (Å²) in [5.41, 5.74) is 11.3. The van der Waals surface area contributed by atoms with Crippen LogP contribution in [0, 0.1) is 17.8 Å². The van der Waals surface area contributed by atoms with Crippen molar-refractivity contribution in [1.82, 2.24) is 0 Å². The van der Waals surface area contributed by atoms with Crippen LogP contribution >= 0.6 is 0 Å². The lowest BCUT2D eigenvalue weighted by molar-refractivity contribution is 0.227. The highest BCUT2D eigenvalue weighted by molar-refractivity contribution is 4.73. The lowest BCUT2D eigenvalue weighted by Gasteiger charge is -2.29. The van der Waals surface area contributed by atoms with E-state index in [9.17, 15) is 0 Å². The first-order chi connectivity index (χ1) is 18.7. The summed E-state index contributed by atoms with van der Waals surface area (Å²) in [4.78, 5) is 0. The van der Waals surface area contributed by atoms with E-state index in [1.165, 1.54) is 180 Å². The second-order valence-electron chi connectivity index (χ2n) is 13.0. The molecular weight excluding hydrogens is 460 g/mol. The van der Waals surface area contributed by atoms with Crippen LogP contribution in [-0.2, 0) is 0 Å². The summed E-state index contributed by atoms with van der Waals surface area (Å²) >= 11 is 0. The summed E-state index contributed by atoms with van der Waals surface area (Å²) in [6.07, 6.45) is 39.8.